The van der Waals surface area contributed by atoms with Gasteiger partial charge >= 0.3 is 5.97 Å². The maximum absolute atomic E-state index is 12.2. The van der Waals surface area contributed by atoms with Gasteiger partial charge in [0.2, 0.25) is 5.91 Å². The molecule has 8 nitrogen and oxygen atoms in total. The fourth-order valence-corrected chi connectivity index (χ4v) is 2.54. The summed E-state index contributed by atoms with van der Waals surface area (Å²) >= 11 is 0. The van der Waals surface area contributed by atoms with Crippen molar-refractivity contribution in [3.8, 4) is 0 Å². The van der Waals surface area contributed by atoms with Crippen molar-refractivity contribution in [1.29, 1.82) is 0 Å². The number of esters is 1. The van der Waals surface area contributed by atoms with E-state index in [0.717, 1.165) is 12.1 Å². The second-order valence-corrected chi connectivity index (χ2v) is 5.80. The normalized spacial score (nSPS) is 12.0. The van der Waals surface area contributed by atoms with Gasteiger partial charge in [0.15, 0.2) is 5.69 Å². The first-order valence-electron chi connectivity index (χ1n) is 8.04. The maximum atomic E-state index is 12.2. The molecular weight excluding hydrogens is 324 g/mol. The van der Waals surface area contributed by atoms with Gasteiger partial charge in [-0.05, 0) is 19.4 Å². The van der Waals surface area contributed by atoms with E-state index < -0.39 is 5.97 Å². The second-order valence-electron chi connectivity index (χ2n) is 5.80. The molecule has 2 rings (SSSR count). The number of fused-ring (bicyclic) bond motifs is 1. The van der Waals surface area contributed by atoms with Gasteiger partial charge in [0.1, 0.15) is 12.3 Å². The number of rotatable bonds is 7. The quantitative estimate of drug-likeness (QED) is 0.745. The Kier molecular flexibility index (Phi) is 5.97. The van der Waals surface area contributed by atoms with Gasteiger partial charge in [0.05, 0.1) is 24.7 Å². The van der Waals surface area contributed by atoms with Crippen molar-refractivity contribution >= 4 is 34.3 Å². The molecule has 2 N–H and O–H groups in total. The van der Waals surface area contributed by atoms with Crippen LogP contribution in [0.15, 0.2) is 12.3 Å². The lowest BCUT2D eigenvalue weighted by molar-refractivity contribution is -0.119. The van der Waals surface area contributed by atoms with Crippen LogP contribution in [0.3, 0.4) is 0 Å². The molecular formula is C17H24N4O4. The number of methoxy groups -OCH3 is 2. The van der Waals surface area contributed by atoms with Crippen LogP contribution in [0.5, 0.6) is 0 Å². The Labute approximate surface area is 146 Å². The van der Waals surface area contributed by atoms with E-state index in [0.29, 0.717) is 16.7 Å². The summed E-state index contributed by atoms with van der Waals surface area (Å²) in [5, 5.41) is 6.72. The molecule has 8 heteroatoms. The van der Waals surface area contributed by atoms with Gasteiger partial charge in [-0.1, -0.05) is 6.92 Å². The van der Waals surface area contributed by atoms with E-state index >= 15 is 0 Å². The van der Waals surface area contributed by atoms with Crippen molar-refractivity contribution in [2.75, 3.05) is 31.5 Å². The highest BCUT2D eigenvalue weighted by Gasteiger charge is 2.24. The molecule has 2 aromatic heterocycles. The van der Waals surface area contributed by atoms with Crippen LogP contribution in [0.1, 0.15) is 30.8 Å². The Hall–Kier alpha value is -2.61. The van der Waals surface area contributed by atoms with E-state index in [1.54, 1.807) is 17.8 Å². The predicted molar refractivity (Wildman–Crippen MR) is 95.9 cm³/mol. The van der Waals surface area contributed by atoms with Crippen molar-refractivity contribution in [2.45, 2.75) is 26.3 Å². The van der Waals surface area contributed by atoms with Crippen LogP contribution in [0.4, 0.5) is 11.4 Å². The minimum absolute atomic E-state index is 0.116. The summed E-state index contributed by atoms with van der Waals surface area (Å²) in [5.74, 6) is -0.912. The number of pyridine rings is 1. The SMILES string of the molecule is CC[C@@H](C)Nc1cnc2c(c1)c(NC(=O)COC)c(C(=O)OC)n2C. The molecule has 136 valence electrons. The molecule has 0 spiro atoms. The largest absolute Gasteiger partial charge is 0.464 e. The lowest BCUT2D eigenvalue weighted by Gasteiger charge is -2.12. The van der Waals surface area contributed by atoms with Crippen LogP contribution in [0.25, 0.3) is 11.0 Å². The fraction of sp³-hybridized carbons (Fsp3) is 0.471. The first-order valence-corrected chi connectivity index (χ1v) is 8.04. The number of nitrogens with zero attached hydrogens (tertiary/aromatic N) is 2. The van der Waals surface area contributed by atoms with Crippen molar-refractivity contribution in [3.05, 3.63) is 18.0 Å². The summed E-state index contributed by atoms with van der Waals surface area (Å²) in [5.41, 5.74) is 1.98. The second kappa shape index (κ2) is 7.98. The summed E-state index contributed by atoms with van der Waals surface area (Å²) in [7, 11) is 4.43. The average Bonchev–Trinajstić information content (AvgIpc) is 2.86. The van der Waals surface area contributed by atoms with E-state index in [-0.39, 0.29) is 24.2 Å². The third-order valence-corrected chi connectivity index (χ3v) is 3.97. The third-order valence-electron chi connectivity index (χ3n) is 3.97. The number of aryl methyl sites for hydroxylation is 1. The van der Waals surface area contributed by atoms with Gasteiger partial charge in [-0.25, -0.2) is 9.78 Å². The van der Waals surface area contributed by atoms with Crippen molar-refractivity contribution in [3.63, 3.8) is 0 Å². The molecule has 0 saturated heterocycles. The summed E-state index contributed by atoms with van der Waals surface area (Å²) in [4.78, 5) is 28.6. The highest BCUT2D eigenvalue weighted by atomic mass is 16.5. The van der Waals surface area contributed by atoms with Gasteiger partial charge in [0, 0.05) is 25.6 Å². The zero-order chi connectivity index (χ0) is 18.6. The molecule has 0 aromatic carbocycles. The molecule has 0 fully saturated rings. The van der Waals surface area contributed by atoms with Crippen LogP contribution < -0.4 is 10.6 Å². The zero-order valence-corrected chi connectivity index (χ0v) is 15.2. The molecule has 0 aliphatic carbocycles. The topological polar surface area (TPSA) is 94.5 Å². The van der Waals surface area contributed by atoms with Crippen molar-refractivity contribution in [2.24, 2.45) is 7.05 Å². The lowest BCUT2D eigenvalue weighted by atomic mass is 10.2. The molecule has 25 heavy (non-hydrogen) atoms. The highest BCUT2D eigenvalue weighted by molar-refractivity contribution is 6.11. The molecule has 1 atom stereocenters. The van der Waals surface area contributed by atoms with Gasteiger partial charge < -0.3 is 24.7 Å². The van der Waals surface area contributed by atoms with E-state index in [9.17, 15) is 9.59 Å². The molecule has 0 unspecified atom stereocenters. The van der Waals surface area contributed by atoms with E-state index in [1.165, 1.54) is 14.2 Å². The number of ether oxygens (including phenoxy) is 2. The van der Waals surface area contributed by atoms with Crippen molar-refractivity contribution < 1.29 is 19.1 Å². The van der Waals surface area contributed by atoms with E-state index in [2.05, 4.69) is 29.5 Å². The summed E-state index contributed by atoms with van der Waals surface area (Å²) in [6.07, 6.45) is 2.66. The summed E-state index contributed by atoms with van der Waals surface area (Å²) < 4.78 is 11.3. The minimum Gasteiger partial charge on any atom is -0.464 e. The van der Waals surface area contributed by atoms with Crippen LogP contribution in [-0.2, 0) is 21.3 Å². The first kappa shape index (κ1) is 18.7. The number of nitrogens with one attached hydrogen (secondary N) is 2. The summed E-state index contributed by atoms with van der Waals surface area (Å²) in [6.45, 7) is 4.03. The maximum Gasteiger partial charge on any atom is 0.356 e. The number of carbonyl (C=O) groups excluding carboxylic acids is 2. The smallest absolute Gasteiger partial charge is 0.356 e. The van der Waals surface area contributed by atoms with Gasteiger partial charge in [-0.2, -0.15) is 0 Å². The molecule has 0 saturated carbocycles. The molecule has 2 heterocycles. The monoisotopic (exact) mass is 348 g/mol. The number of hydrogen-bond donors (Lipinski definition) is 2. The van der Waals surface area contributed by atoms with Crippen LogP contribution in [0.2, 0.25) is 0 Å². The molecule has 2 aromatic rings. The zero-order valence-electron chi connectivity index (χ0n) is 15.2. The number of hydrogen-bond acceptors (Lipinski definition) is 6. The number of aromatic nitrogens is 2. The first-order chi connectivity index (χ1) is 11.9. The Balaban J connectivity index is 2.58. The molecule has 1 amide bonds. The molecule has 0 bridgehead atoms. The summed E-state index contributed by atoms with van der Waals surface area (Å²) in [6, 6.07) is 2.14. The Morgan fingerprint density at radius 1 is 1.36 bits per heavy atom. The standard InChI is InChI=1S/C17H24N4O4/c1-6-10(2)19-11-7-12-14(20-13(22)9-24-4)15(17(23)25-5)21(3)16(12)18-8-11/h7-8,10,19H,6,9H2,1-5H3,(H,20,22)/t10-/m1/s1. The van der Waals surface area contributed by atoms with Gasteiger partial charge in [0.25, 0.3) is 0 Å². The third kappa shape index (κ3) is 3.90. The average molecular weight is 348 g/mol. The Morgan fingerprint density at radius 2 is 2.08 bits per heavy atom. The number of amides is 1. The van der Waals surface area contributed by atoms with Crippen LogP contribution in [-0.4, -0.2) is 48.3 Å². The van der Waals surface area contributed by atoms with E-state index in [4.69, 9.17) is 9.47 Å². The highest BCUT2D eigenvalue weighted by Crippen LogP contribution is 2.31. The van der Waals surface area contributed by atoms with Gasteiger partial charge in [-0.15, -0.1) is 0 Å². The van der Waals surface area contributed by atoms with Gasteiger partial charge in [-0.3, -0.25) is 4.79 Å². The molecule has 0 aliphatic heterocycles. The Morgan fingerprint density at radius 3 is 2.68 bits per heavy atom. The molecule has 0 radical (unpaired) electrons. The number of carbonyl (C=O) groups is 2. The predicted octanol–water partition coefficient (Wildman–Crippen LogP) is 2.16. The van der Waals surface area contributed by atoms with Crippen LogP contribution >= 0.6 is 0 Å². The molecule has 0 aliphatic rings. The lowest BCUT2D eigenvalue weighted by Crippen LogP contribution is -2.19. The van der Waals surface area contributed by atoms with E-state index in [1.807, 2.05) is 6.07 Å². The minimum atomic E-state index is -0.551. The Bertz CT molecular complexity index is 785. The number of anilines is 2. The fourth-order valence-electron chi connectivity index (χ4n) is 2.54. The van der Waals surface area contributed by atoms with Crippen LogP contribution in [0, 0.1) is 0 Å². The van der Waals surface area contributed by atoms with Crippen molar-refractivity contribution in [1.82, 2.24) is 9.55 Å².